The topological polar surface area (TPSA) is 72.7 Å². The molecule has 0 atom stereocenters. The molecule has 0 aromatic carbocycles. The smallest absolute Gasteiger partial charge is 0.346 e. The van der Waals surface area contributed by atoms with Gasteiger partial charge in [0.05, 0.1) is 11.8 Å². The van der Waals surface area contributed by atoms with Gasteiger partial charge in [-0.1, -0.05) is 31.0 Å². The molecule has 1 aliphatic rings. The molecule has 0 spiro atoms. The zero-order chi connectivity index (χ0) is 15.3. The summed E-state index contributed by atoms with van der Waals surface area (Å²) in [6.07, 6.45) is 0.990. The lowest BCUT2D eigenvalue weighted by molar-refractivity contribution is -0.136. The van der Waals surface area contributed by atoms with Gasteiger partial charge in [0.1, 0.15) is 6.54 Å². The summed E-state index contributed by atoms with van der Waals surface area (Å²) in [5, 5.41) is 13.6. The molecule has 21 heavy (non-hydrogen) atoms. The Morgan fingerprint density at radius 1 is 1.33 bits per heavy atom. The number of tetrazole rings is 1. The highest BCUT2D eigenvalue weighted by molar-refractivity contribution is 7.99. The summed E-state index contributed by atoms with van der Waals surface area (Å²) in [5.41, 5.74) is 0. The lowest BCUT2D eigenvalue weighted by Crippen LogP contribution is -2.34. The zero-order valence-electron chi connectivity index (χ0n) is 11.3. The molecule has 0 aliphatic heterocycles. The van der Waals surface area contributed by atoms with Gasteiger partial charge in [-0.3, -0.25) is 4.79 Å². The molecular formula is C11H16F3N5OS. The fourth-order valence-electron chi connectivity index (χ4n) is 2.22. The van der Waals surface area contributed by atoms with E-state index in [-0.39, 0.29) is 11.8 Å². The Morgan fingerprint density at radius 3 is 2.71 bits per heavy atom. The van der Waals surface area contributed by atoms with Gasteiger partial charge in [0.25, 0.3) is 0 Å². The van der Waals surface area contributed by atoms with E-state index in [2.05, 4.69) is 15.5 Å². The van der Waals surface area contributed by atoms with Crippen molar-refractivity contribution in [2.45, 2.75) is 49.5 Å². The zero-order valence-corrected chi connectivity index (χ0v) is 12.1. The molecule has 1 aromatic heterocycles. The van der Waals surface area contributed by atoms with Gasteiger partial charge in [-0.05, 0) is 23.3 Å². The minimum atomic E-state index is -4.40. The van der Waals surface area contributed by atoms with Crippen LogP contribution in [0.15, 0.2) is 5.16 Å². The summed E-state index contributed by atoms with van der Waals surface area (Å²) in [6, 6.07) is 0.217. The molecule has 1 aliphatic carbocycles. The third-order valence-corrected chi connectivity index (χ3v) is 4.13. The first-order valence-electron chi connectivity index (χ1n) is 6.70. The van der Waals surface area contributed by atoms with E-state index in [0.29, 0.717) is 5.16 Å². The number of alkyl halides is 3. The summed E-state index contributed by atoms with van der Waals surface area (Å²) in [5.74, 6) is -0.820. The molecule has 0 saturated heterocycles. The Kier molecular flexibility index (Phi) is 5.43. The number of thioether (sulfide) groups is 1. The number of rotatable bonds is 5. The Labute approximate surface area is 123 Å². The highest BCUT2D eigenvalue weighted by Gasteiger charge is 2.28. The molecule has 6 nitrogen and oxygen atoms in total. The number of carbonyl (C=O) groups excluding carboxylic acids is 1. The quantitative estimate of drug-likeness (QED) is 0.839. The van der Waals surface area contributed by atoms with Crippen LogP contribution in [0.5, 0.6) is 0 Å². The number of hydrogen-bond donors (Lipinski definition) is 1. The maximum atomic E-state index is 12.0. The molecule has 0 bridgehead atoms. The number of nitrogens with zero attached hydrogens (tertiary/aromatic N) is 4. The van der Waals surface area contributed by atoms with Gasteiger partial charge in [0.15, 0.2) is 0 Å². The van der Waals surface area contributed by atoms with E-state index in [1.165, 1.54) is 6.42 Å². The van der Waals surface area contributed by atoms with E-state index in [9.17, 15) is 18.0 Å². The maximum Gasteiger partial charge on any atom is 0.405 e. The van der Waals surface area contributed by atoms with Crippen molar-refractivity contribution in [1.29, 1.82) is 0 Å². The van der Waals surface area contributed by atoms with E-state index < -0.39 is 18.6 Å². The number of hydrogen-bond acceptors (Lipinski definition) is 5. The minimum Gasteiger partial charge on any atom is -0.346 e. The standard InChI is InChI=1S/C11H16F3N5OS/c12-11(13,14)7-15-9(20)6-21-10-16-17-18-19(10)8-4-2-1-3-5-8/h8H,1-7H2,(H,15,20). The lowest BCUT2D eigenvalue weighted by atomic mass is 9.96. The van der Waals surface area contributed by atoms with Crippen LogP contribution in [0.25, 0.3) is 0 Å². The average Bonchev–Trinajstić information content (AvgIpc) is 2.91. The SMILES string of the molecule is O=C(CSc1nnnn1C1CCCCC1)NCC(F)(F)F. The third kappa shape index (κ3) is 5.18. The van der Waals surface area contributed by atoms with Crippen molar-refractivity contribution < 1.29 is 18.0 Å². The average molecular weight is 323 g/mol. The van der Waals surface area contributed by atoms with Crippen molar-refractivity contribution in [3.05, 3.63) is 0 Å². The van der Waals surface area contributed by atoms with Gasteiger partial charge in [-0.25, -0.2) is 4.68 Å². The van der Waals surface area contributed by atoms with Crippen molar-refractivity contribution >= 4 is 17.7 Å². The molecule has 1 fully saturated rings. The fraction of sp³-hybridized carbons (Fsp3) is 0.818. The largest absolute Gasteiger partial charge is 0.405 e. The van der Waals surface area contributed by atoms with E-state index >= 15 is 0 Å². The molecule has 1 N–H and O–H groups in total. The van der Waals surface area contributed by atoms with Crippen LogP contribution in [0.2, 0.25) is 0 Å². The first-order valence-corrected chi connectivity index (χ1v) is 7.68. The predicted molar refractivity (Wildman–Crippen MR) is 69.7 cm³/mol. The van der Waals surface area contributed by atoms with E-state index in [4.69, 9.17) is 0 Å². The Bertz CT molecular complexity index is 473. The Balaban J connectivity index is 1.83. The van der Waals surface area contributed by atoms with Gasteiger partial charge in [-0.2, -0.15) is 13.2 Å². The number of carbonyl (C=O) groups is 1. The second-order valence-corrected chi connectivity index (χ2v) is 5.82. The second-order valence-electron chi connectivity index (χ2n) is 4.88. The van der Waals surface area contributed by atoms with Gasteiger partial charge < -0.3 is 5.32 Å². The van der Waals surface area contributed by atoms with Gasteiger partial charge in [-0.15, -0.1) is 5.10 Å². The summed E-state index contributed by atoms with van der Waals surface area (Å²) >= 11 is 1.05. The van der Waals surface area contributed by atoms with Gasteiger partial charge in [0.2, 0.25) is 11.1 Å². The Hall–Kier alpha value is -1.32. The van der Waals surface area contributed by atoms with Crippen molar-refractivity contribution in [1.82, 2.24) is 25.5 Å². The summed E-state index contributed by atoms with van der Waals surface area (Å²) in [6.45, 7) is -1.32. The van der Waals surface area contributed by atoms with E-state index in [1.54, 1.807) is 4.68 Å². The maximum absolute atomic E-state index is 12.0. The van der Waals surface area contributed by atoms with Crippen LogP contribution in [0.4, 0.5) is 13.2 Å². The summed E-state index contributed by atoms with van der Waals surface area (Å²) in [7, 11) is 0. The van der Waals surface area contributed by atoms with Crippen molar-refractivity contribution in [3.63, 3.8) is 0 Å². The van der Waals surface area contributed by atoms with Crippen LogP contribution in [0.3, 0.4) is 0 Å². The van der Waals surface area contributed by atoms with E-state index in [0.717, 1.165) is 37.4 Å². The molecule has 1 amide bonds. The third-order valence-electron chi connectivity index (χ3n) is 3.20. The molecular weight excluding hydrogens is 307 g/mol. The second kappa shape index (κ2) is 7.10. The highest BCUT2D eigenvalue weighted by Crippen LogP contribution is 2.30. The molecule has 1 saturated carbocycles. The molecule has 1 aromatic rings. The number of halogens is 3. The Morgan fingerprint density at radius 2 is 2.05 bits per heavy atom. The summed E-state index contributed by atoms with van der Waals surface area (Å²) in [4.78, 5) is 11.4. The van der Waals surface area contributed by atoms with E-state index in [1.807, 2.05) is 5.32 Å². The van der Waals surface area contributed by atoms with Crippen LogP contribution in [-0.4, -0.2) is 44.6 Å². The first kappa shape index (κ1) is 16.1. The van der Waals surface area contributed by atoms with Gasteiger partial charge in [0, 0.05) is 0 Å². The number of nitrogens with one attached hydrogen (secondary N) is 1. The summed E-state index contributed by atoms with van der Waals surface area (Å²) < 4.78 is 37.6. The fourth-order valence-corrected chi connectivity index (χ4v) is 2.99. The van der Waals surface area contributed by atoms with Crippen LogP contribution in [-0.2, 0) is 4.79 Å². The first-order chi connectivity index (χ1) is 9.96. The molecule has 0 unspecified atom stereocenters. The van der Waals surface area contributed by atoms with Crippen LogP contribution < -0.4 is 5.32 Å². The number of aromatic nitrogens is 4. The highest BCUT2D eigenvalue weighted by atomic mass is 32.2. The molecule has 0 radical (unpaired) electrons. The molecule has 118 valence electrons. The van der Waals surface area contributed by atoms with Crippen molar-refractivity contribution in [3.8, 4) is 0 Å². The molecule has 2 rings (SSSR count). The molecule has 10 heteroatoms. The minimum absolute atomic E-state index is 0.136. The normalized spacial score (nSPS) is 16.9. The molecule has 1 heterocycles. The monoisotopic (exact) mass is 323 g/mol. The predicted octanol–water partition coefficient (Wildman–Crippen LogP) is 1.95. The van der Waals surface area contributed by atoms with Crippen LogP contribution >= 0.6 is 11.8 Å². The van der Waals surface area contributed by atoms with Crippen molar-refractivity contribution in [2.75, 3.05) is 12.3 Å². The van der Waals surface area contributed by atoms with Crippen molar-refractivity contribution in [2.24, 2.45) is 0 Å². The lowest BCUT2D eigenvalue weighted by Gasteiger charge is -2.21. The van der Waals surface area contributed by atoms with Gasteiger partial charge >= 0.3 is 6.18 Å². The van der Waals surface area contributed by atoms with Crippen LogP contribution in [0.1, 0.15) is 38.1 Å². The van der Waals surface area contributed by atoms with Crippen LogP contribution in [0, 0.1) is 0 Å². The number of amides is 1.